The highest BCUT2D eigenvalue weighted by molar-refractivity contribution is 6.33. The van der Waals surface area contributed by atoms with Crippen LogP contribution in [-0.4, -0.2) is 23.7 Å². The van der Waals surface area contributed by atoms with E-state index in [0.29, 0.717) is 10.7 Å². The number of nitrogens with zero attached hydrogens (tertiary/aromatic N) is 3. The van der Waals surface area contributed by atoms with Crippen LogP contribution in [0.4, 0.5) is 17.1 Å². The Morgan fingerprint density at radius 1 is 1.22 bits per heavy atom. The van der Waals surface area contributed by atoms with Gasteiger partial charge in [-0.05, 0) is 57.0 Å². The first kappa shape index (κ1) is 19.1. The normalized spacial score (nSPS) is 15.6. The monoisotopic (exact) mass is 383 g/mol. The minimum atomic E-state index is -0.409. The van der Waals surface area contributed by atoms with Crippen LogP contribution in [-0.2, 0) is 0 Å². The summed E-state index contributed by atoms with van der Waals surface area (Å²) in [6.07, 6.45) is 3.95. The SMILES string of the molecule is CC1=CC(C)(C)N(C)c2cc(Cl)c(C=Nc3ccc([N+](=O)[O-])cc3C)cc21. The number of rotatable bonds is 3. The maximum Gasteiger partial charge on any atom is 0.269 e. The Labute approximate surface area is 164 Å². The van der Waals surface area contributed by atoms with Crippen LogP contribution in [0.5, 0.6) is 0 Å². The van der Waals surface area contributed by atoms with E-state index in [-0.39, 0.29) is 11.2 Å². The first-order chi connectivity index (χ1) is 12.6. The summed E-state index contributed by atoms with van der Waals surface area (Å²) in [7, 11) is 2.06. The van der Waals surface area contributed by atoms with E-state index in [1.807, 2.05) is 12.1 Å². The maximum absolute atomic E-state index is 10.9. The van der Waals surface area contributed by atoms with Crippen molar-refractivity contribution >= 4 is 40.5 Å². The molecule has 0 unspecified atom stereocenters. The molecule has 1 aliphatic heterocycles. The summed E-state index contributed by atoms with van der Waals surface area (Å²) in [6, 6.07) is 8.64. The molecule has 0 N–H and O–H groups in total. The van der Waals surface area contributed by atoms with Gasteiger partial charge in [0.25, 0.3) is 5.69 Å². The van der Waals surface area contributed by atoms with Gasteiger partial charge in [-0.15, -0.1) is 0 Å². The number of nitro benzene ring substituents is 1. The third-order valence-electron chi connectivity index (χ3n) is 5.07. The van der Waals surface area contributed by atoms with E-state index in [0.717, 1.165) is 22.4 Å². The van der Waals surface area contributed by atoms with Crippen LogP contribution in [0.2, 0.25) is 5.02 Å². The number of likely N-dealkylation sites (N-methyl/N-ethyl adjacent to an activating group) is 1. The summed E-state index contributed by atoms with van der Waals surface area (Å²) >= 11 is 6.51. The molecule has 0 amide bonds. The molecule has 6 heteroatoms. The number of aliphatic imine (C=N–C) groups is 1. The van der Waals surface area contributed by atoms with Gasteiger partial charge in [-0.25, -0.2) is 0 Å². The molecule has 0 spiro atoms. The van der Waals surface area contributed by atoms with Gasteiger partial charge in [-0.3, -0.25) is 15.1 Å². The molecule has 140 valence electrons. The quantitative estimate of drug-likeness (QED) is 0.374. The largest absolute Gasteiger partial charge is 0.365 e. The molecule has 0 atom stereocenters. The van der Waals surface area contributed by atoms with E-state index < -0.39 is 4.92 Å². The second kappa shape index (κ2) is 6.82. The van der Waals surface area contributed by atoms with E-state index in [9.17, 15) is 10.1 Å². The number of aryl methyl sites for hydroxylation is 1. The van der Waals surface area contributed by atoms with Crippen molar-refractivity contribution in [1.29, 1.82) is 0 Å². The fourth-order valence-corrected chi connectivity index (χ4v) is 3.53. The molecule has 0 radical (unpaired) electrons. The molecular formula is C21H22ClN3O2. The molecule has 0 saturated heterocycles. The predicted octanol–water partition coefficient (Wildman–Crippen LogP) is 5.94. The van der Waals surface area contributed by atoms with Crippen molar-refractivity contribution in [1.82, 2.24) is 0 Å². The van der Waals surface area contributed by atoms with Gasteiger partial charge in [0.1, 0.15) is 0 Å². The van der Waals surface area contributed by atoms with Gasteiger partial charge in [0.2, 0.25) is 0 Å². The number of fused-ring (bicyclic) bond motifs is 1. The lowest BCUT2D eigenvalue weighted by atomic mass is 9.88. The summed E-state index contributed by atoms with van der Waals surface area (Å²) < 4.78 is 0. The van der Waals surface area contributed by atoms with Crippen LogP contribution in [0.1, 0.15) is 37.5 Å². The molecule has 2 aromatic carbocycles. The topological polar surface area (TPSA) is 58.7 Å². The highest BCUT2D eigenvalue weighted by atomic mass is 35.5. The summed E-state index contributed by atoms with van der Waals surface area (Å²) in [5.74, 6) is 0. The van der Waals surface area contributed by atoms with Crippen molar-refractivity contribution in [2.75, 3.05) is 11.9 Å². The van der Waals surface area contributed by atoms with Crippen molar-refractivity contribution in [3.05, 3.63) is 68.2 Å². The Hall–Kier alpha value is -2.66. The number of halogens is 1. The van der Waals surface area contributed by atoms with Crippen LogP contribution < -0.4 is 4.90 Å². The standard InChI is InChI=1S/C21H22ClN3O2/c1-13-8-16(25(26)27)6-7-19(13)23-12-15-9-17-14(2)11-21(3,4)24(5)20(17)10-18(15)22/h6-12H,1-5H3. The summed E-state index contributed by atoms with van der Waals surface area (Å²) in [4.78, 5) is 17.2. The minimum Gasteiger partial charge on any atom is -0.365 e. The Balaban J connectivity index is 1.99. The average Bonchev–Trinajstić information content (AvgIpc) is 2.58. The van der Waals surface area contributed by atoms with Crippen LogP contribution in [0.3, 0.4) is 0 Å². The van der Waals surface area contributed by atoms with Crippen LogP contribution >= 0.6 is 11.6 Å². The molecule has 0 fully saturated rings. The Bertz CT molecular complexity index is 993. The van der Waals surface area contributed by atoms with E-state index >= 15 is 0 Å². The third kappa shape index (κ3) is 3.60. The zero-order valence-electron chi connectivity index (χ0n) is 16.1. The van der Waals surface area contributed by atoms with Crippen LogP contribution in [0.25, 0.3) is 5.57 Å². The van der Waals surface area contributed by atoms with Crippen molar-refractivity contribution in [2.24, 2.45) is 4.99 Å². The van der Waals surface area contributed by atoms with E-state index in [1.54, 1.807) is 19.2 Å². The number of hydrogen-bond donors (Lipinski definition) is 0. The first-order valence-electron chi connectivity index (χ1n) is 8.66. The van der Waals surface area contributed by atoms with Crippen molar-refractivity contribution < 1.29 is 4.92 Å². The molecular weight excluding hydrogens is 362 g/mol. The highest BCUT2D eigenvalue weighted by Crippen LogP contribution is 2.40. The Morgan fingerprint density at radius 3 is 2.56 bits per heavy atom. The molecule has 3 rings (SSSR count). The number of anilines is 1. The summed E-state index contributed by atoms with van der Waals surface area (Å²) in [6.45, 7) is 8.24. The van der Waals surface area contributed by atoms with Crippen LogP contribution in [0.15, 0.2) is 41.4 Å². The smallest absolute Gasteiger partial charge is 0.269 e. The van der Waals surface area contributed by atoms with E-state index in [4.69, 9.17) is 11.6 Å². The zero-order chi connectivity index (χ0) is 19.9. The van der Waals surface area contributed by atoms with E-state index in [2.05, 4.69) is 43.8 Å². The third-order valence-corrected chi connectivity index (χ3v) is 5.40. The second-order valence-electron chi connectivity index (χ2n) is 7.42. The Morgan fingerprint density at radius 2 is 1.93 bits per heavy atom. The first-order valence-corrected chi connectivity index (χ1v) is 9.04. The lowest BCUT2D eigenvalue weighted by Crippen LogP contribution is -2.42. The fourth-order valence-electron chi connectivity index (χ4n) is 3.32. The van der Waals surface area contributed by atoms with Crippen molar-refractivity contribution in [3.63, 3.8) is 0 Å². The molecule has 1 heterocycles. The minimum absolute atomic E-state index is 0.0599. The van der Waals surface area contributed by atoms with Gasteiger partial charge in [0.05, 0.1) is 21.2 Å². The lowest BCUT2D eigenvalue weighted by molar-refractivity contribution is -0.384. The second-order valence-corrected chi connectivity index (χ2v) is 7.82. The zero-order valence-corrected chi connectivity index (χ0v) is 16.8. The van der Waals surface area contributed by atoms with Crippen molar-refractivity contribution in [2.45, 2.75) is 33.2 Å². The lowest BCUT2D eigenvalue weighted by Gasteiger charge is -2.40. The highest BCUT2D eigenvalue weighted by Gasteiger charge is 2.29. The molecule has 0 bridgehead atoms. The number of non-ortho nitro benzene ring substituents is 1. The maximum atomic E-state index is 10.9. The molecule has 5 nitrogen and oxygen atoms in total. The van der Waals surface area contributed by atoms with E-state index in [1.165, 1.54) is 17.7 Å². The molecule has 0 aliphatic carbocycles. The molecule has 1 aliphatic rings. The number of nitro groups is 1. The van der Waals surface area contributed by atoms with Gasteiger partial charge in [-0.1, -0.05) is 17.7 Å². The predicted molar refractivity (Wildman–Crippen MR) is 113 cm³/mol. The van der Waals surface area contributed by atoms with Crippen LogP contribution in [0, 0.1) is 17.0 Å². The van der Waals surface area contributed by atoms with Gasteiger partial charge in [0.15, 0.2) is 0 Å². The van der Waals surface area contributed by atoms with Gasteiger partial charge in [0, 0.05) is 42.2 Å². The van der Waals surface area contributed by atoms with Crippen molar-refractivity contribution in [3.8, 4) is 0 Å². The number of benzene rings is 2. The number of hydrogen-bond acceptors (Lipinski definition) is 4. The molecule has 2 aromatic rings. The molecule has 0 saturated carbocycles. The summed E-state index contributed by atoms with van der Waals surface area (Å²) in [5.41, 5.74) is 5.64. The average molecular weight is 384 g/mol. The number of allylic oxidation sites excluding steroid dienone is 1. The fraction of sp³-hybridized carbons (Fsp3) is 0.286. The molecule has 27 heavy (non-hydrogen) atoms. The Kier molecular flexibility index (Phi) is 4.82. The van der Waals surface area contributed by atoms with Gasteiger partial charge in [-0.2, -0.15) is 0 Å². The molecule has 0 aromatic heterocycles. The van der Waals surface area contributed by atoms with Gasteiger partial charge >= 0.3 is 0 Å². The summed E-state index contributed by atoms with van der Waals surface area (Å²) in [5, 5.41) is 11.5. The van der Waals surface area contributed by atoms with Gasteiger partial charge < -0.3 is 4.90 Å².